The van der Waals surface area contributed by atoms with Gasteiger partial charge in [-0.1, -0.05) is 5.16 Å². The van der Waals surface area contributed by atoms with Gasteiger partial charge in [0.2, 0.25) is 11.7 Å². The third kappa shape index (κ3) is 3.94. The molecule has 0 aliphatic heterocycles. The second-order valence-corrected chi connectivity index (χ2v) is 5.62. The van der Waals surface area contributed by atoms with Gasteiger partial charge in [0.15, 0.2) is 0 Å². The van der Waals surface area contributed by atoms with Gasteiger partial charge in [0.25, 0.3) is 11.4 Å². The van der Waals surface area contributed by atoms with Gasteiger partial charge in [0, 0.05) is 30.7 Å². The molecule has 3 heterocycles. The molecule has 0 saturated heterocycles. The van der Waals surface area contributed by atoms with E-state index in [0.717, 1.165) is 0 Å². The Bertz CT molecular complexity index is 932. The summed E-state index contributed by atoms with van der Waals surface area (Å²) in [4.78, 5) is 36.1. The summed E-state index contributed by atoms with van der Waals surface area (Å²) in [7, 11) is 0. The summed E-state index contributed by atoms with van der Waals surface area (Å²) < 4.78 is 6.52. The van der Waals surface area contributed by atoms with Gasteiger partial charge in [0.1, 0.15) is 12.2 Å². The number of carbonyl (C=O) groups excluding carboxylic acids is 1. The molecule has 0 aromatic carbocycles. The molecule has 9 nitrogen and oxygen atoms in total. The van der Waals surface area contributed by atoms with Crippen molar-refractivity contribution in [2.75, 3.05) is 0 Å². The topological polar surface area (TPSA) is 116 Å². The summed E-state index contributed by atoms with van der Waals surface area (Å²) in [5.41, 5.74) is 0.707. The molecular formula is C16H16N6O3. The van der Waals surface area contributed by atoms with Gasteiger partial charge in [0.05, 0.1) is 11.8 Å². The molecule has 1 amide bonds. The second kappa shape index (κ2) is 7.04. The van der Waals surface area contributed by atoms with Crippen molar-refractivity contribution in [2.24, 2.45) is 0 Å². The summed E-state index contributed by atoms with van der Waals surface area (Å²) in [6, 6.07) is 2.91. The van der Waals surface area contributed by atoms with Crippen LogP contribution in [0.4, 0.5) is 0 Å². The molecule has 3 aromatic rings. The van der Waals surface area contributed by atoms with Crippen molar-refractivity contribution in [3.05, 3.63) is 47.3 Å². The number of hydrogen-bond acceptors (Lipinski definition) is 7. The van der Waals surface area contributed by atoms with Crippen LogP contribution < -0.4 is 10.9 Å². The highest BCUT2D eigenvalue weighted by Crippen LogP contribution is 2.19. The van der Waals surface area contributed by atoms with Crippen LogP contribution in [-0.4, -0.2) is 36.6 Å². The Morgan fingerprint density at radius 3 is 2.88 bits per heavy atom. The van der Waals surface area contributed by atoms with E-state index < -0.39 is 0 Å². The van der Waals surface area contributed by atoms with Crippen LogP contribution in [0, 0.1) is 0 Å². The monoisotopic (exact) mass is 340 g/mol. The van der Waals surface area contributed by atoms with Gasteiger partial charge < -0.3 is 14.4 Å². The average Bonchev–Trinajstić information content (AvgIpc) is 3.07. The van der Waals surface area contributed by atoms with E-state index in [4.69, 9.17) is 4.52 Å². The lowest BCUT2D eigenvalue weighted by Crippen LogP contribution is -2.35. The fourth-order valence-corrected chi connectivity index (χ4v) is 2.16. The number of aromatic nitrogens is 5. The molecule has 0 unspecified atom stereocenters. The average molecular weight is 340 g/mol. The molecule has 3 rings (SSSR count). The Morgan fingerprint density at radius 2 is 2.16 bits per heavy atom. The van der Waals surface area contributed by atoms with Gasteiger partial charge in [-0.15, -0.1) is 0 Å². The molecule has 0 saturated carbocycles. The van der Waals surface area contributed by atoms with Crippen LogP contribution in [0.1, 0.15) is 13.8 Å². The maximum atomic E-state index is 11.9. The maximum absolute atomic E-state index is 11.9. The van der Waals surface area contributed by atoms with Gasteiger partial charge in [-0.2, -0.15) is 4.98 Å². The predicted octanol–water partition coefficient (Wildman–Crippen LogP) is 0.880. The third-order valence-corrected chi connectivity index (χ3v) is 3.21. The van der Waals surface area contributed by atoms with E-state index in [0.29, 0.717) is 17.1 Å². The molecule has 0 radical (unpaired) electrons. The molecule has 9 heteroatoms. The third-order valence-electron chi connectivity index (χ3n) is 3.21. The summed E-state index contributed by atoms with van der Waals surface area (Å²) in [6.07, 6.45) is 6.10. The van der Waals surface area contributed by atoms with Gasteiger partial charge in [-0.25, -0.2) is 4.98 Å². The predicted molar refractivity (Wildman–Crippen MR) is 88.3 cm³/mol. The van der Waals surface area contributed by atoms with Crippen LogP contribution in [0.5, 0.6) is 0 Å². The zero-order chi connectivity index (χ0) is 17.8. The van der Waals surface area contributed by atoms with Crippen molar-refractivity contribution in [1.29, 1.82) is 0 Å². The lowest BCUT2D eigenvalue weighted by molar-refractivity contribution is -0.122. The normalized spacial score (nSPS) is 10.8. The zero-order valence-corrected chi connectivity index (χ0v) is 13.7. The van der Waals surface area contributed by atoms with E-state index >= 15 is 0 Å². The Balaban J connectivity index is 1.86. The Kier molecular flexibility index (Phi) is 4.64. The van der Waals surface area contributed by atoms with Crippen LogP contribution in [0.2, 0.25) is 0 Å². The number of hydrogen-bond donors (Lipinski definition) is 1. The molecule has 1 N–H and O–H groups in total. The molecule has 0 fully saturated rings. The van der Waals surface area contributed by atoms with Crippen LogP contribution >= 0.6 is 0 Å². The lowest BCUT2D eigenvalue weighted by Gasteiger charge is -2.10. The highest BCUT2D eigenvalue weighted by Gasteiger charge is 2.13. The second-order valence-electron chi connectivity index (χ2n) is 5.62. The van der Waals surface area contributed by atoms with Crippen LogP contribution in [-0.2, 0) is 11.3 Å². The number of pyridine rings is 1. The maximum Gasteiger partial charge on any atom is 0.259 e. The highest BCUT2D eigenvalue weighted by molar-refractivity contribution is 5.76. The first-order valence-electron chi connectivity index (χ1n) is 7.63. The van der Waals surface area contributed by atoms with Crippen LogP contribution in [0.25, 0.3) is 23.0 Å². The van der Waals surface area contributed by atoms with E-state index in [-0.39, 0.29) is 29.9 Å². The first-order chi connectivity index (χ1) is 12.0. The van der Waals surface area contributed by atoms with Crippen molar-refractivity contribution < 1.29 is 9.32 Å². The zero-order valence-electron chi connectivity index (χ0n) is 13.7. The molecule has 25 heavy (non-hydrogen) atoms. The van der Waals surface area contributed by atoms with Gasteiger partial charge in [-0.05, 0) is 19.9 Å². The van der Waals surface area contributed by atoms with Crippen molar-refractivity contribution in [2.45, 2.75) is 26.4 Å². The molecule has 128 valence electrons. The van der Waals surface area contributed by atoms with Crippen molar-refractivity contribution in [3.63, 3.8) is 0 Å². The number of nitrogens with zero attached hydrogens (tertiary/aromatic N) is 5. The Labute approximate surface area is 142 Å². The van der Waals surface area contributed by atoms with E-state index in [1.165, 1.54) is 29.2 Å². The van der Waals surface area contributed by atoms with Crippen molar-refractivity contribution in [1.82, 2.24) is 30.0 Å². The van der Waals surface area contributed by atoms with Crippen LogP contribution in [0.15, 0.2) is 46.2 Å². The lowest BCUT2D eigenvalue weighted by atomic mass is 10.2. The SMILES string of the molecule is CC(C)NC(=O)Cn1cc(-c2nc(-c3cnccn3)no2)ccc1=O. The minimum Gasteiger partial charge on any atom is -0.352 e. The molecule has 0 aliphatic carbocycles. The molecule has 0 aliphatic rings. The van der Waals surface area contributed by atoms with Gasteiger partial charge >= 0.3 is 0 Å². The summed E-state index contributed by atoms with van der Waals surface area (Å²) >= 11 is 0. The van der Waals surface area contributed by atoms with Crippen molar-refractivity contribution in [3.8, 4) is 23.0 Å². The first kappa shape index (κ1) is 16.5. The number of amides is 1. The Hall–Kier alpha value is -3.36. The minimum atomic E-state index is -0.295. The number of rotatable bonds is 5. The first-order valence-corrected chi connectivity index (χ1v) is 7.63. The largest absolute Gasteiger partial charge is 0.352 e. The van der Waals surface area contributed by atoms with Gasteiger partial charge in [-0.3, -0.25) is 14.6 Å². The Morgan fingerprint density at radius 1 is 1.32 bits per heavy atom. The fourth-order valence-electron chi connectivity index (χ4n) is 2.16. The molecule has 0 bridgehead atoms. The van der Waals surface area contributed by atoms with E-state index in [2.05, 4.69) is 25.4 Å². The quantitative estimate of drug-likeness (QED) is 0.733. The molecule has 0 atom stereocenters. The summed E-state index contributed by atoms with van der Waals surface area (Å²) in [6.45, 7) is 3.61. The van der Waals surface area contributed by atoms with Crippen LogP contribution in [0.3, 0.4) is 0 Å². The number of carbonyl (C=O) groups is 1. The van der Waals surface area contributed by atoms with Crippen molar-refractivity contribution >= 4 is 5.91 Å². The molecular weight excluding hydrogens is 324 g/mol. The smallest absolute Gasteiger partial charge is 0.259 e. The molecule has 0 spiro atoms. The fraction of sp³-hybridized carbons (Fsp3) is 0.250. The summed E-state index contributed by atoms with van der Waals surface area (Å²) in [5, 5.41) is 6.60. The minimum absolute atomic E-state index is 0.00290. The van der Waals surface area contributed by atoms with E-state index in [1.54, 1.807) is 12.3 Å². The number of nitrogens with one attached hydrogen (secondary N) is 1. The highest BCUT2D eigenvalue weighted by atomic mass is 16.5. The standard InChI is InChI=1S/C16H16N6O3/c1-10(2)19-13(23)9-22-8-11(3-4-14(22)24)16-20-15(21-25-16)12-7-17-5-6-18-12/h3-8,10H,9H2,1-2H3,(H,19,23). The van der Waals surface area contributed by atoms with E-state index in [9.17, 15) is 9.59 Å². The summed E-state index contributed by atoms with van der Waals surface area (Å²) in [5.74, 6) is 0.261. The molecule has 3 aromatic heterocycles. The van der Waals surface area contributed by atoms with E-state index in [1.807, 2.05) is 13.8 Å².